The highest BCUT2D eigenvalue weighted by atomic mass is 15.3. The number of rotatable bonds is 0. The lowest BCUT2D eigenvalue weighted by atomic mass is 10.4. The summed E-state index contributed by atoms with van der Waals surface area (Å²) < 4.78 is 0. The standard InChI is InChI=1S/C4HN5/c5-1-3-4(2-6)8-9-7-3/h(H,7,8,9). The third kappa shape index (κ3) is 0.707. The molecular weight excluding hydrogens is 118 g/mol. The van der Waals surface area contributed by atoms with E-state index >= 15 is 0 Å². The number of nitriles is 2. The zero-order valence-electron chi connectivity index (χ0n) is 4.29. The first kappa shape index (κ1) is 5.26. The van der Waals surface area contributed by atoms with Crippen molar-refractivity contribution in [3.8, 4) is 12.1 Å². The van der Waals surface area contributed by atoms with Crippen molar-refractivity contribution in [2.45, 2.75) is 0 Å². The summed E-state index contributed by atoms with van der Waals surface area (Å²) in [7, 11) is 0. The van der Waals surface area contributed by atoms with Gasteiger partial charge in [-0.2, -0.15) is 15.7 Å². The lowest BCUT2D eigenvalue weighted by molar-refractivity contribution is 0.932. The van der Waals surface area contributed by atoms with Gasteiger partial charge in [-0.05, 0) is 0 Å². The molecule has 9 heavy (non-hydrogen) atoms. The molecule has 0 aliphatic rings. The van der Waals surface area contributed by atoms with E-state index in [2.05, 4.69) is 15.4 Å². The molecule has 0 saturated heterocycles. The summed E-state index contributed by atoms with van der Waals surface area (Å²) in [5.74, 6) is 0. The molecule has 0 amide bonds. The second kappa shape index (κ2) is 1.93. The number of H-pyrrole nitrogens is 1. The molecule has 0 saturated carbocycles. The molecule has 0 aliphatic carbocycles. The van der Waals surface area contributed by atoms with E-state index in [1.165, 1.54) is 0 Å². The zero-order chi connectivity index (χ0) is 6.69. The van der Waals surface area contributed by atoms with Crippen LogP contribution in [0, 0.1) is 22.7 Å². The maximum Gasteiger partial charge on any atom is 0.200 e. The van der Waals surface area contributed by atoms with E-state index < -0.39 is 0 Å². The molecule has 5 nitrogen and oxygen atoms in total. The highest BCUT2D eigenvalue weighted by Gasteiger charge is 2.02. The fourth-order valence-electron chi connectivity index (χ4n) is 0.387. The molecule has 1 heterocycles. The molecule has 1 N–H and O–H groups in total. The maximum absolute atomic E-state index is 8.21. The summed E-state index contributed by atoms with van der Waals surface area (Å²) in [5, 5.41) is 25.4. The topological polar surface area (TPSA) is 89.2 Å². The molecule has 0 atom stereocenters. The van der Waals surface area contributed by atoms with Gasteiger partial charge < -0.3 is 0 Å². The van der Waals surface area contributed by atoms with Gasteiger partial charge in [0.05, 0.1) is 0 Å². The van der Waals surface area contributed by atoms with Crippen LogP contribution in [0.4, 0.5) is 0 Å². The summed E-state index contributed by atoms with van der Waals surface area (Å²) in [6.45, 7) is 0. The first-order valence-electron chi connectivity index (χ1n) is 2.09. The van der Waals surface area contributed by atoms with Crippen LogP contribution in [-0.4, -0.2) is 15.4 Å². The van der Waals surface area contributed by atoms with Crippen LogP contribution in [0.3, 0.4) is 0 Å². The third-order valence-electron chi connectivity index (χ3n) is 0.760. The SMILES string of the molecule is N#Cc1n[nH]nc1C#N. The van der Waals surface area contributed by atoms with Crippen LogP contribution in [0.2, 0.25) is 0 Å². The van der Waals surface area contributed by atoms with Crippen molar-refractivity contribution in [2.75, 3.05) is 0 Å². The number of nitrogens with zero attached hydrogens (tertiary/aromatic N) is 4. The number of nitrogens with one attached hydrogen (secondary N) is 1. The highest BCUT2D eigenvalue weighted by molar-refractivity contribution is 5.32. The largest absolute Gasteiger partial charge is 0.200 e. The Morgan fingerprint density at radius 3 is 1.89 bits per heavy atom. The monoisotopic (exact) mass is 119 g/mol. The minimum atomic E-state index is 0.0394. The molecular formula is C4HN5. The second-order valence-electron chi connectivity index (χ2n) is 1.24. The fraction of sp³-hybridized carbons (Fsp3) is 0. The molecule has 1 rings (SSSR count). The van der Waals surface area contributed by atoms with E-state index in [0.717, 1.165) is 0 Å². The molecule has 5 heteroatoms. The number of hydrogen-bond acceptors (Lipinski definition) is 4. The maximum atomic E-state index is 8.21. The molecule has 0 aromatic carbocycles. The Labute approximate surface area is 50.5 Å². The van der Waals surface area contributed by atoms with Crippen LogP contribution in [0.1, 0.15) is 11.4 Å². The second-order valence-corrected chi connectivity index (χ2v) is 1.24. The van der Waals surface area contributed by atoms with Crippen molar-refractivity contribution in [3.05, 3.63) is 11.4 Å². The van der Waals surface area contributed by atoms with Gasteiger partial charge in [0.1, 0.15) is 12.1 Å². The van der Waals surface area contributed by atoms with Gasteiger partial charge in [0.25, 0.3) is 0 Å². The van der Waals surface area contributed by atoms with Gasteiger partial charge in [-0.1, -0.05) is 0 Å². The summed E-state index contributed by atoms with van der Waals surface area (Å²) in [5.41, 5.74) is 0.0787. The van der Waals surface area contributed by atoms with Gasteiger partial charge in [0.15, 0.2) is 0 Å². The molecule has 1 aromatic heterocycles. The van der Waals surface area contributed by atoms with E-state index in [-0.39, 0.29) is 11.4 Å². The Balaban J connectivity index is 3.22. The van der Waals surface area contributed by atoms with Crippen molar-refractivity contribution in [1.82, 2.24) is 15.4 Å². The Morgan fingerprint density at radius 2 is 1.56 bits per heavy atom. The lowest BCUT2D eigenvalue weighted by Crippen LogP contribution is -1.77. The van der Waals surface area contributed by atoms with Crippen LogP contribution < -0.4 is 0 Å². The first-order valence-corrected chi connectivity index (χ1v) is 2.09. The molecule has 1 aromatic rings. The molecule has 0 radical (unpaired) electrons. The van der Waals surface area contributed by atoms with Crippen molar-refractivity contribution in [3.63, 3.8) is 0 Å². The molecule has 0 aliphatic heterocycles. The van der Waals surface area contributed by atoms with Crippen molar-refractivity contribution in [1.29, 1.82) is 10.5 Å². The minimum Gasteiger partial charge on any atom is -0.195 e. The van der Waals surface area contributed by atoms with Gasteiger partial charge in [0.2, 0.25) is 11.4 Å². The average molecular weight is 119 g/mol. The highest BCUT2D eigenvalue weighted by Crippen LogP contribution is 1.93. The van der Waals surface area contributed by atoms with E-state index in [1.54, 1.807) is 12.1 Å². The Morgan fingerprint density at radius 1 is 1.11 bits per heavy atom. The molecule has 0 fully saturated rings. The lowest BCUT2D eigenvalue weighted by Gasteiger charge is -1.68. The van der Waals surface area contributed by atoms with E-state index in [4.69, 9.17) is 10.5 Å². The predicted molar refractivity (Wildman–Crippen MR) is 25.8 cm³/mol. The number of aromatic nitrogens is 3. The normalized spacial score (nSPS) is 7.78. The summed E-state index contributed by atoms with van der Waals surface area (Å²) in [6, 6.07) is 3.40. The predicted octanol–water partition coefficient (Wildman–Crippen LogP) is -0.452. The zero-order valence-corrected chi connectivity index (χ0v) is 4.29. The van der Waals surface area contributed by atoms with Crippen molar-refractivity contribution < 1.29 is 0 Å². The van der Waals surface area contributed by atoms with Crippen molar-refractivity contribution in [2.24, 2.45) is 0 Å². The average Bonchev–Trinajstić information content (AvgIpc) is 2.33. The summed E-state index contributed by atoms with van der Waals surface area (Å²) in [6.07, 6.45) is 0. The van der Waals surface area contributed by atoms with Gasteiger partial charge in [-0.25, -0.2) is 0 Å². The van der Waals surface area contributed by atoms with Crippen LogP contribution in [-0.2, 0) is 0 Å². The minimum absolute atomic E-state index is 0.0394. The van der Waals surface area contributed by atoms with E-state index in [0.29, 0.717) is 0 Å². The summed E-state index contributed by atoms with van der Waals surface area (Å²) in [4.78, 5) is 0. The molecule has 0 unspecified atom stereocenters. The van der Waals surface area contributed by atoms with Gasteiger partial charge >= 0.3 is 0 Å². The van der Waals surface area contributed by atoms with E-state index in [1.807, 2.05) is 0 Å². The number of aromatic amines is 1. The number of hydrogen-bond donors (Lipinski definition) is 1. The van der Waals surface area contributed by atoms with Gasteiger partial charge in [-0.3, -0.25) is 0 Å². The molecule has 42 valence electrons. The first-order chi connectivity index (χ1) is 4.38. The fourth-order valence-corrected chi connectivity index (χ4v) is 0.387. The molecule has 0 spiro atoms. The van der Waals surface area contributed by atoms with E-state index in [9.17, 15) is 0 Å². The van der Waals surface area contributed by atoms with Gasteiger partial charge in [0, 0.05) is 0 Å². The van der Waals surface area contributed by atoms with Gasteiger partial charge in [-0.15, -0.1) is 10.2 Å². The third-order valence-corrected chi connectivity index (χ3v) is 0.760. The summed E-state index contributed by atoms with van der Waals surface area (Å²) >= 11 is 0. The van der Waals surface area contributed by atoms with Crippen LogP contribution in [0.5, 0.6) is 0 Å². The molecule has 0 bridgehead atoms. The van der Waals surface area contributed by atoms with Crippen LogP contribution >= 0.6 is 0 Å². The van der Waals surface area contributed by atoms with Crippen LogP contribution in [0.15, 0.2) is 0 Å². The Kier molecular flexibility index (Phi) is 1.13. The quantitative estimate of drug-likeness (QED) is 0.500. The smallest absolute Gasteiger partial charge is 0.195 e. The Bertz CT molecular complexity index is 256. The van der Waals surface area contributed by atoms with Crippen LogP contribution in [0.25, 0.3) is 0 Å². The van der Waals surface area contributed by atoms with Crippen molar-refractivity contribution >= 4 is 0 Å². The Hall–Kier alpha value is -1.88.